The van der Waals surface area contributed by atoms with E-state index >= 15 is 4.39 Å². The van der Waals surface area contributed by atoms with Gasteiger partial charge in [0.2, 0.25) is 5.91 Å². The van der Waals surface area contributed by atoms with Crippen LogP contribution >= 0.6 is 0 Å². The molecule has 5 rings (SSSR count). The van der Waals surface area contributed by atoms with Crippen molar-refractivity contribution in [2.45, 2.75) is 97.4 Å². The Bertz CT molecular complexity index is 1420. The summed E-state index contributed by atoms with van der Waals surface area (Å²) < 4.78 is 21.1. The summed E-state index contributed by atoms with van der Waals surface area (Å²) in [6, 6.07) is 7.80. The molecular formula is C37H51FN4O5. The van der Waals surface area contributed by atoms with Crippen molar-refractivity contribution in [3.8, 4) is 5.75 Å². The normalized spacial score (nSPS) is 18.0. The lowest BCUT2D eigenvalue weighted by Crippen LogP contribution is -2.40. The number of carboxylic acid groups (broad SMARTS) is 1. The first kappa shape index (κ1) is 34.6. The highest BCUT2D eigenvalue weighted by Gasteiger charge is 2.36. The molecule has 0 radical (unpaired) electrons. The van der Waals surface area contributed by atoms with Crippen LogP contribution in [0, 0.1) is 17.2 Å². The molecule has 1 atom stereocenters. The van der Waals surface area contributed by atoms with Gasteiger partial charge in [-0.05, 0) is 98.4 Å². The third-order valence-corrected chi connectivity index (χ3v) is 9.74. The molecule has 0 bridgehead atoms. The number of piperidine rings is 1. The van der Waals surface area contributed by atoms with Crippen LogP contribution in [0.3, 0.4) is 0 Å². The van der Waals surface area contributed by atoms with Crippen LogP contribution in [0.5, 0.6) is 5.75 Å². The Morgan fingerprint density at radius 2 is 1.83 bits per heavy atom. The number of halogens is 1. The predicted molar refractivity (Wildman–Crippen MR) is 178 cm³/mol. The van der Waals surface area contributed by atoms with E-state index in [1.54, 1.807) is 15.9 Å². The van der Waals surface area contributed by atoms with Crippen LogP contribution < -0.4 is 4.74 Å². The largest absolute Gasteiger partial charge is 0.491 e. The minimum absolute atomic E-state index is 0.0280. The second-order valence-corrected chi connectivity index (χ2v) is 14.7. The smallest absolute Gasteiger partial charge is 0.320 e. The van der Waals surface area contributed by atoms with E-state index in [0.717, 1.165) is 63.7 Å². The number of aryl methyl sites for hydroxylation is 3. The molecule has 10 heteroatoms. The number of ether oxygens (including phenoxy) is 1. The lowest BCUT2D eigenvalue weighted by Gasteiger charge is -2.33. The van der Waals surface area contributed by atoms with Crippen LogP contribution in [0.1, 0.15) is 101 Å². The van der Waals surface area contributed by atoms with Crippen molar-refractivity contribution < 1.29 is 28.6 Å². The summed E-state index contributed by atoms with van der Waals surface area (Å²) in [7, 11) is 0. The summed E-state index contributed by atoms with van der Waals surface area (Å²) in [5.74, 6) is -0.884. The van der Waals surface area contributed by atoms with E-state index in [4.69, 9.17) is 9.72 Å². The standard InChI is InChI=1S/C37H51FN4O5/c1-37(2,3)25-34(43)40-18-14-26(15-19-40)16-22-47-33-13-11-28(23-30(33)38)32(24-35(44)45)42-21-20-41(36(42)46)17-6-8-29-12-10-27-7-4-5-9-31(27)39-29/h10-13,23,26,32H,4-9,14-22,24-25H2,1-3H3,(H,44,45)/t32-/m0/s1. The van der Waals surface area contributed by atoms with Gasteiger partial charge in [-0.25, -0.2) is 9.18 Å². The molecular weight excluding hydrogens is 599 g/mol. The number of fused-ring (bicyclic) bond motifs is 1. The molecule has 3 aliphatic rings. The summed E-state index contributed by atoms with van der Waals surface area (Å²) >= 11 is 0. The fourth-order valence-electron chi connectivity index (χ4n) is 7.10. The van der Waals surface area contributed by atoms with Gasteiger partial charge in [0.05, 0.1) is 19.1 Å². The van der Waals surface area contributed by atoms with Crippen molar-refractivity contribution in [1.29, 1.82) is 0 Å². The first-order valence-electron chi connectivity index (χ1n) is 17.4. The number of carboxylic acids is 1. The van der Waals surface area contributed by atoms with Gasteiger partial charge in [0, 0.05) is 50.5 Å². The number of nitrogens with zero attached hydrogens (tertiary/aromatic N) is 4. The number of likely N-dealkylation sites (tertiary alicyclic amines) is 1. The van der Waals surface area contributed by atoms with Crippen molar-refractivity contribution in [1.82, 2.24) is 19.7 Å². The number of hydrogen-bond acceptors (Lipinski definition) is 5. The third-order valence-electron chi connectivity index (χ3n) is 9.74. The number of rotatable bonds is 13. The second kappa shape index (κ2) is 15.5. The molecule has 1 N–H and O–H groups in total. The number of urea groups is 1. The molecule has 2 saturated heterocycles. The van der Waals surface area contributed by atoms with Crippen LogP contribution in [0.15, 0.2) is 30.3 Å². The summed E-state index contributed by atoms with van der Waals surface area (Å²) in [5, 5.41) is 9.67. The van der Waals surface area contributed by atoms with E-state index in [1.165, 1.54) is 36.2 Å². The van der Waals surface area contributed by atoms with E-state index in [-0.39, 0.29) is 29.5 Å². The maximum atomic E-state index is 15.2. The number of carbonyl (C=O) groups excluding carboxylic acids is 2. The van der Waals surface area contributed by atoms with Crippen molar-refractivity contribution in [3.05, 3.63) is 58.7 Å². The molecule has 2 aliphatic heterocycles. The fraction of sp³-hybridized carbons (Fsp3) is 0.622. The zero-order valence-corrected chi connectivity index (χ0v) is 28.3. The Hall–Kier alpha value is -3.69. The highest BCUT2D eigenvalue weighted by molar-refractivity contribution is 5.78. The molecule has 1 aromatic heterocycles. The number of benzene rings is 1. The van der Waals surface area contributed by atoms with Gasteiger partial charge >= 0.3 is 12.0 Å². The zero-order chi connectivity index (χ0) is 33.6. The van der Waals surface area contributed by atoms with Gasteiger partial charge in [-0.3, -0.25) is 14.6 Å². The Kier molecular flexibility index (Phi) is 11.4. The van der Waals surface area contributed by atoms with Crippen molar-refractivity contribution in [2.24, 2.45) is 11.3 Å². The molecule has 2 aromatic rings. The van der Waals surface area contributed by atoms with E-state index < -0.39 is 17.8 Å². The number of hydrogen-bond donors (Lipinski definition) is 1. The number of aliphatic carboxylic acids is 1. The second-order valence-electron chi connectivity index (χ2n) is 14.7. The number of amides is 3. The van der Waals surface area contributed by atoms with Gasteiger partial charge in [-0.15, -0.1) is 0 Å². The van der Waals surface area contributed by atoms with Gasteiger partial charge in [-0.2, -0.15) is 0 Å². The number of carbonyl (C=O) groups is 3. The monoisotopic (exact) mass is 650 g/mol. The van der Waals surface area contributed by atoms with Crippen LogP contribution in [-0.4, -0.2) is 82.0 Å². The molecule has 1 aromatic carbocycles. The first-order valence-corrected chi connectivity index (χ1v) is 17.4. The predicted octanol–water partition coefficient (Wildman–Crippen LogP) is 6.43. The minimum Gasteiger partial charge on any atom is -0.491 e. The fourth-order valence-corrected chi connectivity index (χ4v) is 7.10. The molecule has 3 amide bonds. The highest BCUT2D eigenvalue weighted by atomic mass is 19.1. The molecule has 9 nitrogen and oxygen atoms in total. The lowest BCUT2D eigenvalue weighted by molar-refractivity contribution is -0.138. The topological polar surface area (TPSA) is 103 Å². The van der Waals surface area contributed by atoms with Crippen LogP contribution in [0.25, 0.3) is 0 Å². The van der Waals surface area contributed by atoms with E-state index in [9.17, 15) is 19.5 Å². The van der Waals surface area contributed by atoms with Gasteiger partial charge in [-0.1, -0.05) is 32.9 Å². The summed E-state index contributed by atoms with van der Waals surface area (Å²) in [6.45, 7) is 9.50. The lowest BCUT2D eigenvalue weighted by atomic mass is 9.89. The highest BCUT2D eigenvalue weighted by Crippen LogP contribution is 2.32. The van der Waals surface area contributed by atoms with Crippen molar-refractivity contribution >= 4 is 17.9 Å². The molecule has 47 heavy (non-hydrogen) atoms. The summed E-state index contributed by atoms with van der Waals surface area (Å²) in [5.41, 5.74) is 4.02. The summed E-state index contributed by atoms with van der Waals surface area (Å²) in [4.78, 5) is 47.9. The average molecular weight is 651 g/mol. The minimum atomic E-state index is -1.05. The SMILES string of the molecule is CC(C)(C)CC(=O)N1CCC(CCOc2ccc([C@H](CC(=O)O)N3CCN(CCCc4ccc5c(n4)CCCC5)C3=O)cc2F)CC1. The van der Waals surface area contributed by atoms with E-state index in [0.29, 0.717) is 44.1 Å². The Morgan fingerprint density at radius 1 is 1.06 bits per heavy atom. The zero-order valence-electron chi connectivity index (χ0n) is 28.3. The van der Waals surface area contributed by atoms with E-state index in [1.807, 2.05) is 4.90 Å². The first-order chi connectivity index (χ1) is 22.5. The quantitative estimate of drug-likeness (QED) is 0.268. The van der Waals surface area contributed by atoms with Gasteiger partial charge in [0.1, 0.15) is 0 Å². The summed E-state index contributed by atoms with van der Waals surface area (Å²) in [6.07, 6.45) is 8.89. The molecule has 3 heterocycles. The maximum Gasteiger partial charge on any atom is 0.320 e. The molecule has 2 fully saturated rings. The van der Waals surface area contributed by atoms with Crippen molar-refractivity contribution in [2.75, 3.05) is 39.3 Å². The van der Waals surface area contributed by atoms with Crippen molar-refractivity contribution in [3.63, 3.8) is 0 Å². The molecule has 0 saturated carbocycles. The van der Waals surface area contributed by atoms with Crippen LogP contribution in [0.4, 0.5) is 9.18 Å². The van der Waals surface area contributed by atoms with Gasteiger partial charge in [0.25, 0.3) is 0 Å². The Labute approximate surface area is 278 Å². The third kappa shape index (κ3) is 9.45. The molecule has 0 unspecified atom stereocenters. The number of aromatic nitrogens is 1. The molecule has 0 spiro atoms. The Balaban J connectivity index is 1.11. The van der Waals surface area contributed by atoms with Crippen LogP contribution in [0.2, 0.25) is 0 Å². The van der Waals surface area contributed by atoms with Gasteiger partial charge < -0.3 is 24.5 Å². The molecule has 256 valence electrons. The Morgan fingerprint density at radius 3 is 2.55 bits per heavy atom. The maximum absolute atomic E-state index is 15.2. The number of pyridine rings is 1. The van der Waals surface area contributed by atoms with E-state index in [2.05, 4.69) is 32.9 Å². The van der Waals surface area contributed by atoms with Gasteiger partial charge in [0.15, 0.2) is 11.6 Å². The molecule has 1 aliphatic carbocycles. The van der Waals surface area contributed by atoms with Crippen LogP contribution in [-0.2, 0) is 28.9 Å². The average Bonchev–Trinajstić information content (AvgIpc) is 3.39.